The minimum Gasteiger partial charge on any atom is -0.352 e. The third-order valence-electron chi connectivity index (χ3n) is 7.92. The van der Waals surface area contributed by atoms with Crippen molar-refractivity contribution in [2.45, 2.75) is 63.6 Å². The standard InChI is InChI=1S/C33H34FN3O4/c34-28-18-9-4-13-24(28)22-37(29(21-23-11-2-1-3-12-23)31(39)35-25-14-5-6-15-25)30(38)19-10-20-36-32(40)26-16-7-8-17-27(26)33(36)41/h1-4,7-9,11-13,16-18,25,29H,5-6,10,14-15,19-22H2,(H,35,39)/t29-/m1/s1. The summed E-state index contributed by atoms with van der Waals surface area (Å²) in [6.45, 7) is -0.00262. The maximum absolute atomic E-state index is 14.8. The Labute approximate surface area is 239 Å². The molecule has 41 heavy (non-hydrogen) atoms. The molecule has 3 aromatic carbocycles. The van der Waals surface area contributed by atoms with E-state index in [0.717, 1.165) is 36.1 Å². The molecule has 0 aromatic heterocycles. The number of hydrogen-bond acceptors (Lipinski definition) is 4. The van der Waals surface area contributed by atoms with E-state index >= 15 is 0 Å². The first-order chi connectivity index (χ1) is 19.9. The van der Waals surface area contributed by atoms with Crippen molar-refractivity contribution in [2.75, 3.05) is 6.54 Å². The molecule has 3 aromatic rings. The molecule has 4 amide bonds. The Hall–Kier alpha value is -4.33. The highest BCUT2D eigenvalue weighted by molar-refractivity contribution is 6.21. The molecule has 1 atom stereocenters. The lowest BCUT2D eigenvalue weighted by molar-refractivity contribution is -0.141. The molecule has 7 nitrogen and oxygen atoms in total. The number of benzene rings is 3. The Bertz CT molecular complexity index is 1390. The van der Waals surface area contributed by atoms with E-state index in [2.05, 4.69) is 5.32 Å². The normalized spacial score (nSPS) is 15.6. The highest BCUT2D eigenvalue weighted by Crippen LogP contribution is 2.24. The summed E-state index contributed by atoms with van der Waals surface area (Å²) in [4.78, 5) is 55.7. The van der Waals surface area contributed by atoms with Crippen LogP contribution in [0.15, 0.2) is 78.9 Å². The third-order valence-corrected chi connectivity index (χ3v) is 7.92. The van der Waals surface area contributed by atoms with Gasteiger partial charge < -0.3 is 10.2 Å². The quantitative estimate of drug-likeness (QED) is 0.341. The monoisotopic (exact) mass is 555 g/mol. The van der Waals surface area contributed by atoms with Crippen LogP contribution >= 0.6 is 0 Å². The molecule has 0 saturated heterocycles. The number of carbonyl (C=O) groups is 4. The first-order valence-electron chi connectivity index (χ1n) is 14.2. The van der Waals surface area contributed by atoms with Crippen LogP contribution in [-0.2, 0) is 22.6 Å². The number of amides is 4. The van der Waals surface area contributed by atoms with E-state index in [4.69, 9.17) is 0 Å². The first-order valence-corrected chi connectivity index (χ1v) is 14.2. The van der Waals surface area contributed by atoms with Crippen LogP contribution in [0.2, 0.25) is 0 Å². The zero-order valence-corrected chi connectivity index (χ0v) is 22.9. The zero-order valence-electron chi connectivity index (χ0n) is 22.9. The van der Waals surface area contributed by atoms with Crippen LogP contribution in [0.5, 0.6) is 0 Å². The Morgan fingerprint density at radius 3 is 2.15 bits per heavy atom. The van der Waals surface area contributed by atoms with Crippen molar-refractivity contribution in [1.29, 1.82) is 0 Å². The van der Waals surface area contributed by atoms with Crippen LogP contribution in [0.4, 0.5) is 4.39 Å². The van der Waals surface area contributed by atoms with Gasteiger partial charge in [0, 0.05) is 37.5 Å². The number of hydrogen-bond donors (Lipinski definition) is 1. The molecule has 0 bridgehead atoms. The van der Waals surface area contributed by atoms with Crippen molar-refractivity contribution in [3.63, 3.8) is 0 Å². The molecule has 1 N–H and O–H groups in total. The number of halogens is 1. The van der Waals surface area contributed by atoms with Gasteiger partial charge in [-0.2, -0.15) is 0 Å². The Morgan fingerprint density at radius 2 is 1.49 bits per heavy atom. The van der Waals surface area contributed by atoms with Crippen LogP contribution in [0.1, 0.15) is 70.4 Å². The van der Waals surface area contributed by atoms with Gasteiger partial charge in [-0.05, 0) is 43.0 Å². The lowest BCUT2D eigenvalue weighted by Crippen LogP contribution is -2.52. The molecule has 0 spiro atoms. The second kappa shape index (κ2) is 12.9. The minimum absolute atomic E-state index is 0.0101. The summed E-state index contributed by atoms with van der Waals surface area (Å²) < 4.78 is 14.8. The molecule has 1 heterocycles. The predicted octanol–water partition coefficient (Wildman–Crippen LogP) is 4.90. The summed E-state index contributed by atoms with van der Waals surface area (Å²) in [5, 5.41) is 3.13. The number of carbonyl (C=O) groups excluding carboxylic acids is 4. The fraction of sp³-hybridized carbons (Fsp3) is 0.333. The molecule has 1 fully saturated rings. The molecule has 1 saturated carbocycles. The predicted molar refractivity (Wildman–Crippen MR) is 152 cm³/mol. The van der Waals surface area contributed by atoms with Crippen LogP contribution in [0.3, 0.4) is 0 Å². The minimum atomic E-state index is -0.857. The van der Waals surface area contributed by atoms with E-state index in [0.29, 0.717) is 16.7 Å². The van der Waals surface area contributed by atoms with Gasteiger partial charge in [-0.15, -0.1) is 0 Å². The lowest BCUT2D eigenvalue weighted by atomic mass is 10.0. The first kappa shape index (κ1) is 28.2. The summed E-state index contributed by atoms with van der Waals surface area (Å²) in [6.07, 6.45) is 4.37. The molecule has 8 heteroatoms. The largest absolute Gasteiger partial charge is 0.352 e. The maximum atomic E-state index is 14.8. The van der Waals surface area contributed by atoms with E-state index in [9.17, 15) is 23.6 Å². The fourth-order valence-electron chi connectivity index (χ4n) is 5.71. The van der Waals surface area contributed by atoms with E-state index < -0.39 is 11.9 Å². The van der Waals surface area contributed by atoms with Crippen molar-refractivity contribution in [3.8, 4) is 0 Å². The Kier molecular flexibility index (Phi) is 8.87. The molecule has 2 aliphatic rings. The molecular weight excluding hydrogens is 521 g/mol. The number of imide groups is 1. The molecule has 1 aliphatic heterocycles. The van der Waals surface area contributed by atoms with Gasteiger partial charge in [0.15, 0.2) is 0 Å². The second-order valence-corrected chi connectivity index (χ2v) is 10.7. The van der Waals surface area contributed by atoms with Crippen molar-refractivity contribution >= 4 is 23.6 Å². The van der Waals surface area contributed by atoms with Gasteiger partial charge >= 0.3 is 0 Å². The number of fused-ring (bicyclic) bond motifs is 1. The van der Waals surface area contributed by atoms with Gasteiger partial charge in [0.1, 0.15) is 11.9 Å². The summed E-state index contributed by atoms with van der Waals surface area (Å²) >= 11 is 0. The smallest absolute Gasteiger partial charge is 0.261 e. The van der Waals surface area contributed by atoms with Gasteiger partial charge in [0.05, 0.1) is 11.1 Å². The number of rotatable bonds is 11. The van der Waals surface area contributed by atoms with Gasteiger partial charge in [-0.25, -0.2) is 4.39 Å². The lowest BCUT2D eigenvalue weighted by Gasteiger charge is -2.32. The van der Waals surface area contributed by atoms with Gasteiger partial charge in [-0.3, -0.25) is 24.1 Å². The molecule has 0 unspecified atom stereocenters. The molecular formula is C33H34FN3O4. The van der Waals surface area contributed by atoms with Crippen molar-refractivity contribution in [1.82, 2.24) is 15.1 Å². The van der Waals surface area contributed by atoms with Crippen LogP contribution < -0.4 is 5.32 Å². The topological polar surface area (TPSA) is 86.8 Å². The van der Waals surface area contributed by atoms with Gasteiger partial charge in [-0.1, -0.05) is 73.5 Å². The van der Waals surface area contributed by atoms with Crippen molar-refractivity contribution < 1.29 is 23.6 Å². The van der Waals surface area contributed by atoms with Crippen LogP contribution in [0, 0.1) is 5.82 Å². The van der Waals surface area contributed by atoms with E-state index in [1.165, 1.54) is 11.0 Å². The Morgan fingerprint density at radius 1 is 0.878 bits per heavy atom. The molecule has 1 aliphatic carbocycles. The SMILES string of the molecule is O=C(NC1CCCC1)[C@@H](Cc1ccccc1)N(Cc1ccccc1F)C(=O)CCCN1C(=O)c2ccccc2C1=O. The highest BCUT2D eigenvalue weighted by atomic mass is 19.1. The van der Waals surface area contributed by atoms with Gasteiger partial charge in [0.2, 0.25) is 11.8 Å². The molecule has 212 valence electrons. The summed E-state index contributed by atoms with van der Waals surface area (Å²) in [7, 11) is 0. The summed E-state index contributed by atoms with van der Waals surface area (Å²) in [5.74, 6) is -1.80. The average molecular weight is 556 g/mol. The Balaban J connectivity index is 1.36. The summed E-state index contributed by atoms with van der Waals surface area (Å²) in [6, 6.07) is 21.6. The van der Waals surface area contributed by atoms with Crippen molar-refractivity contribution in [2.24, 2.45) is 0 Å². The van der Waals surface area contributed by atoms with E-state index in [1.807, 2.05) is 30.3 Å². The molecule has 0 radical (unpaired) electrons. The van der Waals surface area contributed by atoms with Crippen LogP contribution in [0.25, 0.3) is 0 Å². The highest BCUT2D eigenvalue weighted by Gasteiger charge is 2.36. The van der Waals surface area contributed by atoms with Crippen molar-refractivity contribution in [3.05, 3.63) is 107 Å². The molecule has 5 rings (SSSR count). The maximum Gasteiger partial charge on any atom is 0.261 e. The van der Waals surface area contributed by atoms with E-state index in [1.54, 1.807) is 42.5 Å². The number of nitrogens with one attached hydrogen (secondary N) is 1. The summed E-state index contributed by atoms with van der Waals surface area (Å²) in [5.41, 5.74) is 1.91. The van der Waals surface area contributed by atoms with Crippen LogP contribution in [-0.4, -0.2) is 52.1 Å². The van der Waals surface area contributed by atoms with E-state index in [-0.39, 0.29) is 62.0 Å². The third kappa shape index (κ3) is 6.53. The zero-order chi connectivity index (χ0) is 28.8. The van der Waals surface area contributed by atoms with Gasteiger partial charge in [0.25, 0.3) is 11.8 Å². The number of nitrogens with zero attached hydrogens (tertiary/aromatic N) is 2. The fourth-order valence-corrected chi connectivity index (χ4v) is 5.71. The average Bonchev–Trinajstić information content (AvgIpc) is 3.58. The second-order valence-electron chi connectivity index (χ2n) is 10.7.